The molecule has 0 amide bonds. The van der Waals surface area contributed by atoms with E-state index in [1.165, 1.54) is 0 Å². The van der Waals surface area contributed by atoms with Crippen LogP contribution in [-0.4, -0.2) is 4.98 Å². The lowest BCUT2D eigenvalue weighted by Gasteiger charge is -2.09. The highest BCUT2D eigenvalue weighted by molar-refractivity contribution is 5.45. The molecule has 2 N–H and O–H groups in total. The van der Waals surface area contributed by atoms with E-state index >= 15 is 0 Å². The zero-order chi connectivity index (χ0) is 12.4. The average molecular weight is 228 g/mol. The van der Waals surface area contributed by atoms with Crippen molar-refractivity contribution in [1.82, 2.24) is 4.98 Å². The van der Waals surface area contributed by atoms with Crippen LogP contribution in [0, 0.1) is 20.8 Å². The second-order valence-corrected chi connectivity index (χ2v) is 4.20. The van der Waals surface area contributed by atoms with Gasteiger partial charge in [0, 0.05) is 6.07 Å². The summed E-state index contributed by atoms with van der Waals surface area (Å²) >= 11 is 0. The van der Waals surface area contributed by atoms with Crippen LogP contribution in [0.5, 0.6) is 11.6 Å². The number of aromatic nitrogens is 1. The second-order valence-electron chi connectivity index (χ2n) is 4.20. The number of nitrogens with zero attached hydrogens (tertiary/aromatic N) is 1. The Morgan fingerprint density at radius 3 is 2.53 bits per heavy atom. The molecule has 0 radical (unpaired) electrons. The summed E-state index contributed by atoms with van der Waals surface area (Å²) in [5.74, 6) is 1.41. The Kier molecular flexibility index (Phi) is 3.00. The van der Waals surface area contributed by atoms with Gasteiger partial charge >= 0.3 is 0 Å². The Morgan fingerprint density at radius 2 is 1.82 bits per heavy atom. The Balaban J connectivity index is 2.31. The van der Waals surface area contributed by atoms with Crippen molar-refractivity contribution in [3.05, 3.63) is 47.2 Å². The predicted octanol–water partition coefficient (Wildman–Crippen LogP) is 3.38. The minimum atomic E-state index is 0.574. The highest BCUT2D eigenvalue weighted by Crippen LogP contribution is 2.25. The van der Waals surface area contributed by atoms with Crippen LogP contribution < -0.4 is 10.5 Å². The number of benzene rings is 1. The first-order valence-electron chi connectivity index (χ1n) is 5.54. The molecule has 0 atom stereocenters. The van der Waals surface area contributed by atoms with Gasteiger partial charge < -0.3 is 10.5 Å². The maximum Gasteiger partial charge on any atom is 0.219 e. The number of nitrogen functional groups attached to an aromatic ring is 1. The minimum absolute atomic E-state index is 0.574. The number of rotatable bonds is 2. The van der Waals surface area contributed by atoms with Crippen molar-refractivity contribution in [3.63, 3.8) is 0 Å². The molecule has 0 saturated carbocycles. The first-order valence-corrected chi connectivity index (χ1v) is 5.54. The molecule has 0 saturated heterocycles. The normalized spacial score (nSPS) is 10.3. The number of anilines is 1. The van der Waals surface area contributed by atoms with Crippen molar-refractivity contribution in [3.8, 4) is 11.6 Å². The Hall–Kier alpha value is -2.03. The second kappa shape index (κ2) is 4.45. The summed E-state index contributed by atoms with van der Waals surface area (Å²) in [4.78, 5) is 4.29. The summed E-state index contributed by atoms with van der Waals surface area (Å²) in [5, 5.41) is 0. The van der Waals surface area contributed by atoms with E-state index < -0.39 is 0 Å². The summed E-state index contributed by atoms with van der Waals surface area (Å²) in [6.07, 6.45) is 0. The zero-order valence-corrected chi connectivity index (χ0v) is 10.3. The van der Waals surface area contributed by atoms with E-state index in [-0.39, 0.29) is 0 Å². The number of pyridine rings is 1. The monoisotopic (exact) mass is 228 g/mol. The molecule has 1 aromatic heterocycles. The molecule has 88 valence electrons. The van der Waals surface area contributed by atoms with Gasteiger partial charge in [-0.05, 0) is 44.0 Å². The third-order valence-electron chi connectivity index (χ3n) is 2.66. The standard InChI is InChI=1S/C14H16N2O/c1-9-4-5-10(2)13(8-9)17-14-7-6-12(15)11(3)16-14/h4-8H,15H2,1-3H3. The summed E-state index contributed by atoms with van der Waals surface area (Å²) in [7, 11) is 0. The number of hydrogen-bond donors (Lipinski definition) is 1. The van der Waals surface area contributed by atoms with E-state index in [4.69, 9.17) is 10.5 Å². The van der Waals surface area contributed by atoms with Crippen LogP contribution >= 0.6 is 0 Å². The van der Waals surface area contributed by atoms with E-state index in [0.29, 0.717) is 11.6 Å². The summed E-state index contributed by atoms with van der Waals surface area (Å²) in [5.41, 5.74) is 9.44. The van der Waals surface area contributed by atoms with Gasteiger partial charge in [0.1, 0.15) is 5.75 Å². The van der Waals surface area contributed by atoms with Gasteiger partial charge in [-0.1, -0.05) is 12.1 Å². The van der Waals surface area contributed by atoms with Gasteiger partial charge in [0.2, 0.25) is 5.88 Å². The van der Waals surface area contributed by atoms with Gasteiger partial charge in [-0.3, -0.25) is 0 Å². The van der Waals surface area contributed by atoms with Gasteiger partial charge in [0.05, 0.1) is 11.4 Å². The lowest BCUT2D eigenvalue weighted by molar-refractivity contribution is 0.458. The molecule has 0 bridgehead atoms. The molecule has 2 aromatic rings. The predicted molar refractivity (Wildman–Crippen MR) is 69.4 cm³/mol. The first-order chi connectivity index (χ1) is 8.06. The highest BCUT2D eigenvalue weighted by Gasteiger charge is 2.04. The maximum atomic E-state index is 5.76. The van der Waals surface area contributed by atoms with E-state index in [2.05, 4.69) is 11.1 Å². The van der Waals surface area contributed by atoms with Crippen molar-refractivity contribution in [2.24, 2.45) is 0 Å². The third kappa shape index (κ3) is 2.56. The topological polar surface area (TPSA) is 48.1 Å². The fraction of sp³-hybridized carbons (Fsp3) is 0.214. The van der Waals surface area contributed by atoms with Gasteiger partial charge in [-0.25, -0.2) is 4.98 Å². The minimum Gasteiger partial charge on any atom is -0.439 e. The SMILES string of the molecule is Cc1ccc(C)c(Oc2ccc(N)c(C)n2)c1. The first kappa shape index (κ1) is 11.5. The van der Waals surface area contributed by atoms with Gasteiger partial charge in [0.25, 0.3) is 0 Å². The van der Waals surface area contributed by atoms with E-state index in [9.17, 15) is 0 Å². The Labute approximate surface area is 101 Å². The van der Waals surface area contributed by atoms with E-state index in [0.717, 1.165) is 22.6 Å². The van der Waals surface area contributed by atoms with Crippen LogP contribution in [0.15, 0.2) is 30.3 Å². The Bertz CT molecular complexity index is 550. The van der Waals surface area contributed by atoms with Crippen molar-refractivity contribution >= 4 is 5.69 Å². The third-order valence-corrected chi connectivity index (χ3v) is 2.66. The molecule has 0 aliphatic rings. The van der Waals surface area contributed by atoms with Crippen molar-refractivity contribution in [2.45, 2.75) is 20.8 Å². The zero-order valence-electron chi connectivity index (χ0n) is 10.3. The van der Waals surface area contributed by atoms with Gasteiger partial charge in [-0.2, -0.15) is 0 Å². The molecule has 0 fully saturated rings. The van der Waals surface area contributed by atoms with Crippen LogP contribution in [0.1, 0.15) is 16.8 Å². The van der Waals surface area contributed by atoms with E-state index in [1.807, 2.05) is 39.0 Å². The number of nitrogens with two attached hydrogens (primary N) is 1. The fourth-order valence-electron chi connectivity index (χ4n) is 1.54. The van der Waals surface area contributed by atoms with Crippen molar-refractivity contribution in [2.75, 3.05) is 5.73 Å². The molecule has 2 rings (SSSR count). The molecule has 1 aromatic carbocycles. The number of hydrogen-bond acceptors (Lipinski definition) is 3. The van der Waals surface area contributed by atoms with Crippen LogP contribution in [0.2, 0.25) is 0 Å². The smallest absolute Gasteiger partial charge is 0.219 e. The molecule has 3 nitrogen and oxygen atoms in total. The molecule has 17 heavy (non-hydrogen) atoms. The van der Waals surface area contributed by atoms with Crippen molar-refractivity contribution in [1.29, 1.82) is 0 Å². The molecule has 1 heterocycles. The largest absolute Gasteiger partial charge is 0.439 e. The fourth-order valence-corrected chi connectivity index (χ4v) is 1.54. The molecule has 0 aliphatic heterocycles. The molecule has 3 heteroatoms. The average Bonchev–Trinajstić information content (AvgIpc) is 2.29. The van der Waals surface area contributed by atoms with E-state index in [1.54, 1.807) is 6.07 Å². The number of aryl methyl sites for hydroxylation is 3. The van der Waals surface area contributed by atoms with Crippen LogP contribution in [0.3, 0.4) is 0 Å². The van der Waals surface area contributed by atoms with Gasteiger partial charge in [0.15, 0.2) is 0 Å². The van der Waals surface area contributed by atoms with Gasteiger partial charge in [-0.15, -0.1) is 0 Å². The quantitative estimate of drug-likeness (QED) is 0.857. The maximum absolute atomic E-state index is 5.76. The molecular formula is C14H16N2O. The van der Waals surface area contributed by atoms with Crippen LogP contribution in [-0.2, 0) is 0 Å². The molecular weight excluding hydrogens is 212 g/mol. The summed E-state index contributed by atoms with van der Waals surface area (Å²) in [6, 6.07) is 9.69. The number of ether oxygens (including phenoxy) is 1. The van der Waals surface area contributed by atoms with Crippen LogP contribution in [0.4, 0.5) is 5.69 Å². The molecule has 0 unspecified atom stereocenters. The summed E-state index contributed by atoms with van der Waals surface area (Å²) in [6.45, 7) is 5.91. The lowest BCUT2D eigenvalue weighted by atomic mass is 10.1. The summed E-state index contributed by atoms with van der Waals surface area (Å²) < 4.78 is 5.76. The van der Waals surface area contributed by atoms with Crippen molar-refractivity contribution < 1.29 is 4.74 Å². The molecule has 0 spiro atoms. The Morgan fingerprint density at radius 1 is 1.06 bits per heavy atom. The molecule has 0 aliphatic carbocycles. The lowest BCUT2D eigenvalue weighted by Crippen LogP contribution is -1.96. The van der Waals surface area contributed by atoms with Crippen LogP contribution in [0.25, 0.3) is 0 Å². The highest BCUT2D eigenvalue weighted by atomic mass is 16.5.